The fraction of sp³-hybridized carbons (Fsp3) is 0.364. The monoisotopic (exact) mass is 194 g/mol. The molecule has 0 unspecified atom stereocenters. The van der Waals surface area contributed by atoms with Crippen LogP contribution in [0, 0.1) is 20.8 Å². The maximum absolute atomic E-state index is 10.8. The van der Waals surface area contributed by atoms with Gasteiger partial charge in [-0.2, -0.15) is 0 Å². The van der Waals surface area contributed by atoms with Gasteiger partial charge in [0.1, 0.15) is 12.4 Å². The molecule has 0 aliphatic carbocycles. The van der Waals surface area contributed by atoms with E-state index < -0.39 is 12.6 Å². The van der Waals surface area contributed by atoms with Crippen molar-refractivity contribution in [3.63, 3.8) is 0 Å². The number of esters is 1. The van der Waals surface area contributed by atoms with Crippen LogP contribution in [-0.4, -0.2) is 17.7 Å². The molecule has 1 aromatic rings. The molecule has 0 aliphatic rings. The van der Waals surface area contributed by atoms with Gasteiger partial charge in [0.2, 0.25) is 0 Å². The number of hydrogen-bond acceptors (Lipinski definition) is 3. The lowest BCUT2D eigenvalue weighted by Crippen LogP contribution is -2.12. The number of aliphatic hydroxyl groups is 1. The number of aryl methyl sites for hydroxylation is 2. The van der Waals surface area contributed by atoms with Crippen molar-refractivity contribution in [1.82, 2.24) is 0 Å². The number of hydrogen-bond donors (Lipinski definition) is 1. The Bertz CT molecular complexity index is 333. The second-order valence-corrected chi connectivity index (χ2v) is 3.31. The maximum Gasteiger partial charge on any atom is 0.337 e. The number of rotatable bonds is 2. The largest absolute Gasteiger partial charge is 0.425 e. The summed E-state index contributed by atoms with van der Waals surface area (Å²) in [5, 5.41) is 8.51. The third kappa shape index (κ3) is 2.33. The van der Waals surface area contributed by atoms with E-state index >= 15 is 0 Å². The standard InChI is InChI=1S/C11H14O3/c1-7-4-10(14-11(13)6-12)5-8(2)9(7)3/h4-5,12H,6H2,1-3H3. The van der Waals surface area contributed by atoms with Crippen LogP contribution in [0.3, 0.4) is 0 Å². The van der Waals surface area contributed by atoms with Crippen molar-refractivity contribution in [3.05, 3.63) is 28.8 Å². The van der Waals surface area contributed by atoms with Gasteiger partial charge < -0.3 is 9.84 Å². The Balaban J connectivity index is 2.95. The van der Waals surface area contributed by atoms with E-state index in [4.69, 9.17) is 9.84 Å². The van der Waals surface area contributed by atoms with E-state index in [-0.39, 0.29) is 0 Å². The Morgan fingerprint density at radius 3 is 2.21 bits per heavy atom. The van der Waals surface area contributed by atoms with E-state index in [2.05, 4.69) is 0 Å². The van der Waals surface area contributed by atoms with Crippen LogP contribution in [0.5, 0.6) is 5.75 Å². The molecule has 1 aromatic carbocycles. The molecule has 0 saturated carbocycles. The molecule has 0 amide bonds. The average molecular weight is 194 g/mol. The first-order valence-electron chi connectivity index (χ1n) is 4.44. The van der Waals surface area contributed by atoms with Gasteiger partial charge in [-0.05, 0) is 49.6 Å². The number of aliphatic hydroxyl groups excluding tert-OH is 1. The molecular formula is C11H14O3. The lowest BCUT2D eigenvalue weighted by Gasteiger charge is -2.08. The molecule has 0 heterocycles. The molecule has 0 fully saturated rings. The maximum atomic E-state index is 10.8. The van der Waals surface area contributed by atoms with Gasteiger partial charge >= 0.3 is 5.97 Å². The fourth-order valence-electron chi connectivity index (χ4n) is 1.22. The van der Waals surface area contributed by atoms with Gasteiger partial charge in [-0.3, -0.25) is 0 Å². The van der Waals surface area contributed by atoms with Gasteiger partial charge in [-0.25, -0.2) is 4.79 Å². The van der Waals surface area contributed by atoms with Crippen molar-refractivity contribution >= 4 is 5.97 Å². The molecule has 0 spiro atoms. The SMILES string of the molecule is Cc1cc(OC(=O)CO)cc(C)c1C. The van der Waals surface area contributed by atoms with Gasteiger partial charge in [-0.15, -0.1) is 0 Å². The number of carbonyl (C=O) groups excluding carboxylic acids is 1. The van der Waals surface area contributed by atoms with E-state index in [1.165, 1.54) is 5.56 Å². The minimum absolute atomic E-state index is 0.490. The van der Waals surface area contributed by atoms with Gasteiger partial charge in [-0.1, -0.05) is 0 Å². The molecule has 0 aliphatic heterocycles. The van der Waals surface area contributed by atoms with Gasteiger partial charge in [0.05, 0.1) is 0 Å². The number of ether oxygens (including phenoxy) is 1. The Kier molecular flexibility index (Phi) is 3.25. The second kappa shape index (κ2) is 4.24. The van der Waals surface area contributed by atoms with E-state index in [0.29, 0.717) is 5.75 Å². The summed E-state index contributed by atoms with van der Waals surface area (Å²) in [6, 6.07) is 3.58. The predicted molar refractivity (Wildman–Crippen MR) is 53.4 cm³/mol. The van der Waals surface area contributed by atoms with Crippen LogP contribution in [0.1, 0.15) is 16.7 Å². The summed E-state index contributed by atoms with van der Waals surface area (Å²) in [7, 11) is 0. The normalized spacial score (nSPS) is 10.0. The topological polar surface area (TPSA) is 46.5 Å². The minimum atomic E-state index is -0.632. The number of carbonyl (C=O) groups is 1. The van der Waals surface area contributed by atoms with Gasteiger partial charge in [0.15, 0.2) is 0 Å². The first-order valence-corrected chi connectivity index (χ1v) is 4.44. The highest BCUT2D eigenvalue weighted by molar-refractivity contribution is 5.73. The molecule has 0 saturated heterocycles. The molecule has 3 nitrogen and oxygen atoms in total. The van der Waals surface area contributed by atoms with Crippen LogP contribution in [0.25, 0.3) is 0 Å². The van der Waals surface area contributed by atoms with Crippen molar-refractivity contribution in [1.29, 1.82) is 0 Å². The van der Waals surface area contributed by atoms with Crippen molar-refractivity contribution in [2.75, 3.05) is 6.61 Å². The van der Waals surface area contributed by atoms with Crippen LogP contribution in [0.4, 0.5) is 0 Å². The van der Waals surface area contributed by atoms with Crippen molar-refractivity contribution in [2.24, 2.45) is 0 Å². The molecule has 14 heavy (non-hydrogen) atoms. The fourth-order valence-corrected chi connectivity index (χ4v) is 1.22. The van der Waals surface area contributed by atoms with Crippen LogP contribution in [0.2, 0.25) is 0 Å². The Morgan fingerprint density at radius 2 is 1.79 bits per heavy atom. The molecule has 1 N–H and O–H groups in total. The van der Waals surface area contributed by atoms with Crippen molar-refractivity contribution in [2.45, 2.75) is 20.8 Å². The van der Waals surface area contributed by atoms with Crippen LogP contribution < -0.4 is 4.74 Å². The molecule has 0 atom stereocenters. The first kappa shape index (κ1) is 10.7. The minimum Gasteiger partial charge on any atom is -0.425 e. The van der Waals surface area contributed by atoms with Crippen molar-refractivity contribution < 1.29 is 14.6 Å². The van der Waals surface area contributed by atoms with E-state index in [9.17, 15) is 4.79 Å². The van der Waals surface area contributed by atoms with Crippen LogP contribution in [0.15, 0.2) is 12.1 Å². The molecule has 1 rings (SSSR count). The summed E-state index contributed by atoms with van der Waals surface area (Å²) in [5.74, 6) is -0.141. The van der Waals surface area contributed by atoms with E-state index in [0.717, 1.165) is 11.1 Å². The molecule has 0 bridgehead atoms. The molecule has 0 radical (unpaired) electrons. The zero-order chi connectivity index (χ0) is 10.7. The summed E-state index contributed by atoms with van der Waals surface area (Å²) in [4.78, 5) is 10.8. The quantitative estimate of drug-likeness (QED) is 0.573. The molecule has 3 heteroatoms. The number of benzene rings is 1. The second-order valence-electron chi connectivity index (χ2n) is 3.31. The molecule has 76 valence electrons. The van der Waals surface area contributed by atoms with E-state index in [1.807, 2.05) is 20.8 Å². The third-order valence-corrected chi connectivity index (χ3v) is 2.26. The predicted octanol–water partition coefficient (Wildman–Crippen LogP) is 1.51. The summed E-state index contributed by atoms with van der Waals surface area (Å²) in [5.41, 5.74) is 3.34. The zero-order valence-corrected chi connectivity index (χ0v) is 8.63. The Morgan fingerprint density at radius 1 is 1.29 bits per heavy atom. The average Bonchev–Trinajstić information content (AvgIpc) is 2.14. The molecular weight excluding hydrogens is 180 g/mol. The Hall–Kier alpha value is -1.35. The summed E-state index contributed by atoms with van der Waals surface area (Å²) in [6.45, 7) is 5.34. The van der Waals surface area contributed by atoms with Crippen LogP contribution in [-0.2, 0) is 4.79 Å². The first-order chi connectivity index (χ1) is 6.54. The highest BCUT2D eigenvalue weighted by Gasteiger charge is 2.05. The highest BCUT2D eigenvalue weighted by Crippen LogP contribution is 2.20. The van der Waals surface area contributed by atoms with E-state index in [1.54, 1.807) is 12.1 Å². The highest BCUT2D eigenvalue weighted by atomic mass is 16.5. The summed E-state index contributed by atoms with van der Waals surface area (Å²) in [6.07, 6.45) is 0. The lowest BCUT2D eigenvalue weighted by molar-refractivity contribution is -0.137. The van der Waals surface area contributed by atoms with Gasteiger partial charge in [0.25, 0.3) is 0 Å². The smallest absolute Gasteiger partial charge is 0.337 e. The summed E-state index contributed by atoms with van der Waals surface area (Å²) >= 11 is 0. The van der Waals surface area contributed by atoms with Crippen LogP contribution >= 0.6 is 0 Å². The van der Waals surface area contributed by atoms with Crippen molar-refractivity contribution in [3.8, 4) is 5.75 Å². The Labute approximate surface area is 83.3 Å². The van der Waals surface area contributed by atoms with Gasteiger partial charge in [0, 0.05) is 0 Å². The lowest BCUT2D eigenvalue weighted by atomic mass is 10.0. The zero-order valence-electron chi connectivity index (χ0n) is 8.63. The molecule has 0 aromatic heterocycles. The third-order valence-electron chi connectivity index (χ3n) is 2.26. The summed E-state index contributed by atoms with van der Waals surface area (Å²) < 4.78 is 4.89.